The summed E-state index contributed by atoms with van der Waals surface area (Å²) in [6.07, 6.45) is 4.81. The van der Waals surface area contributed by atoms with Crippen molar-refractivity contribution in [1.29, 1.82) is 0 Å². The molecule has 0 saturated carbocycles. The van der Waals surface area contributed by atoms with Crippen molar-refractivity contribution in [3.8, 4) is 33.6 Å². The SMILES string of the molecule is CC(C)(C)Cc1ccnc(-c2[c-]cc3c(c2)oc2c(F)cc(-c4ccccc4)cc23)c1.C[Si](C)(C)c1ccc(-c2[c-]cccc2)nc1.[Ir]. The van der Waals surface area contributed by atoms with E-state index in [1.807, 2.05) is 85.2 Å². The van der Waals surface area contributed by atoms with E-state index in [-0.39, 0.29) is 36.9 Å². The van der Waals surface area contributed by atoms with Gasteiger partial charge in [0.2, 0.25) is 0 Å². The number of halogens is 1. The minimum atomic E-state index is -1.23. The molecular formula is C42H39FIrN2OSi-2. The standard InChI is InChI=1S/C28H23FNO.C14H16NSi.Ir/c1-28(2,3)17-18-11-12-30-25(13-18)20-9-10-22-23-14-21(19-7-5-4-6-8-19)15-24(29)27(23)31-26(22)16-20;1-16(2,3)13-9-10-14(15-11-13)12-7-5-4-6-8-12;/h4-8,10-16H,17H2,1-3H3;4-7,9-11H,1-3H3;/q2*-1;. The van der Waals surface area contributed by atoms with Crippen LogP contribution in [0.1, 0.15) is 26.3 Å². The Hall–Kier alpha value is -4.22. The molecule has 0 unspecified atom stereocenters. The van der Waals surface area contributed by atoms with Gasteiger partial charge in [0.05, 0.1) is 13.7 Å². The average Bonchev–Trinajstić information content (AvgIpc) is 3.43. The predicted molar refractivity (Wildman–Crippen MR) is 196 cm³/mol. The third-order valence-corrected chi connectivity index (χ3v) is 10.0. The van der Waals surface area contributed by atoms with Gasteiger partial charge in [-0.15, -0.1) is 53.6 Å². The summed E-state index contributed by atoms with van der Waals surface area (Å²) in [6.45, 7) is 13.7. The van der Waals surface area contributed by atoms with Crippen LogP contribution >= 0.6 is 0 Å². The molecule has 0 N–H and O–H groups in total. The quantitative estimate of drug-likeness (QED) is 0.128. The normalized spacial score (nSPS) is 11.6. The monoisotopic (exact) mass is 827 g/mol. The van der Waals surface area contributed by atoms with Crippen molar-refractivity contribution in [3.05, 3.63) is 139 Å². The zero-order valence-electron chi connectivity index (χ0n) is 28.2. The molecule has 0 aliphatic heterocycles. The van der Waals surface area contributed by atoms with Crippen LogP contribution in [0.3, 0.4) is 0 Å². The van der Waals surface area contributed by atoms with Gasteiger partial charge in [-0.05, 0) is 57.1 Å². The molecule has 0 atom stereocenters. The number of rotatable bonds is 5. The van der Waals surface area contributed by atoms with E-state index in [4.69, 9.17) is 4.42 Å². The van der Waals surface area contributed by atoms with Gasteiger partial charge >= 0.3 is 0 Å². The predicted octanol–water partition coefficient (Wildman–Crippen LogP) is 10.9. The molecule has 48 heavy (non-hydrogen) atoms. The molecule has 1 radical (unpaired) electrons. The Morgan fingerprint density at radius 1 is 0.750 bits per heavy atom. The summed E-state index contributed by atoms with van der Waals surface area (Å²) >= 11 is 0. The first-order chi connectivity index (χ1) is 22.4. The van der Waals surface area contributed by atoms with Crippen molar-refractivity contribution in [1.82, 2.24) is 9.97 Å². The Balaban J connectivity index is 0.000000224. The van der Waals surface area contributed by atoms with Gasteiger partial charge in [0.1, 0.15) is 0 Å². The third kappa shape index (κ3) is 8.25. The molecule has 4 aromatic carbocycles. The fraction of sp³-hybridized carbons (Fsp3) is 0.190. The first-order valence-corrected chi connectivity index (χ1v) is 19.5. The van der Waals surface area contributed by atoms with Crippen molar-refractivity contribution >= 4 is 35.2 Å². The fourth-order valence-corrected chi connectivity index (χ4v) is 6.65. The van der Waals surface area contributed by atoms with E-state index in [1.54, 1.807) is 0 Å². The number of fused-ring (bicyclic) bond motifs is 3. The van der Waals surface area contributed by atoms with Crippen molar-refractivity contribution in [2.75, 3.05) is 0 Å². The van der Waals surface area contributed by atoms with Crippen LogP contribution in [0.2, 0.25) is 19.6 Å². The zero-order chi connectivity index (χ0) is 33.2. The summed E-state index contributed by atoms with van der Waals surface area (Å²) in [5, 5.41) is 3.00. The van der Waals surface area contributed by atoms with E-state index >= 15 is 0 Å². The van der Waals surface area contributed by atoms with Gasteiger partial charge in [-0.25, -0.2) is 4.39 Å². The van der Waals surface area contributed by atoms with Gasteiger partial charge in [-0.2, -0.15) is 0 Å². The number of hydrogen-bond donors (Lipinski definition) is 0. The molecule has 245 valence electrons. The minimum Gasteiger partial charge on any atom is -0.473 e. The van der Waals surface area contributed by atoms with Crippen LogP contribution in [0.4, 0.5) is 4.39 Å². The van der Waals surface area contributed by atoms with Crippen LogP contribution in [0.25, 0.3) is 55.6 Å². The molecule has 0 spiro atoms. The van der Waals surface area contributed by atoms with Crippen molar-refractivity contribution in [2.24, 2.45) is 5.41 Å². The Kier molecular flexibility index (Phi) is 10.6. The van der Waals surface area contributed by atoms with E-state index < -0.39 is 8.07 Å². The van der Waals surface area contributed by atoms with Crippen LogP contribution in [-0.2, 0) is 26.5 Å². The summed E-state index contributed by atoms with van der Waals surface area (Å²) < 4.78 is 20.8. The molecule has 0 amide bonds. The number of pyridine rings is 2. The second-order valence-corrected chi connectivity index (χ2v) is 19.2. The Bertz CT molecular complexity index is 2130. The van der Waals surface area contributed by atoms with Crippen molar-refractivity contribution in [2.45, 2.75) is 46.8 Å². The molecule has 0 fully saturated rings. The van der Waals surface area contributed by atoms with E-state index in [2.05, 4.69) is 86.8 Å². The Labute approximate surface area is 297 Å². The van der Waals surface area contributed by atoms with Crippen molar-refractivity contribution < 1.29 is 28.9 Å². The molecule has 3 nitrogen and oxygen atoms in total. The summed E-state index contributed by atoms with van der Waals surface area (Å²) in [5.41, 5.74) is 7.87. The number of aromatic nitrogens is 2. The maximum atomic E-state index is 14.9. The van der Waals surface area contributed by atoms with Gasteiger partial charge < -0.3 is 14.4 Å². The molecule has 3 heterocycles. The van der Waals surface area contributed by atoms with Crippen LogP contribution in [0.15, 0.2) is 120 Å². The van der Waals surface area contributed by atoms with Gasteiger partial charge in [0.25, 0.3) is 0 Å². The van der Waals surface area contributed by atoms with E-state index in [9.17, 15) is 4.39 Å². The van der Waals surface area contributed by atoms with Crippen LogP contribution in [-0.4, -0.2) is 18.0 Å². The maximum absolute atomic E-state index is 14.9. The molecule has 7 rings (SSSR count). The molecule has 6 heteroatoms. The van der Waals surface area contributed by atoms with E-state index in [1.165, 1.54) is 16.8 Å². The van der Waals surface area contributed by atoms with Gasteiger partial charge in [-0.1, -0.05) is 112 Å². The third-order valence-electron chi connectivity index (χ3n) is 8.02. The fourth-order valence-electron chi connectivity index (χ4n) is 5.61. The number of furan rings is 1. The molecule has 0 aliphatic carbocycles. The number of nitrogens with zero attached hydrogens (tertiary/aromatic N) is 2. The van der Waals surface area contributed by atoms with Crippen LogP contribution < -0.4 is 5.19 Å². The van der Waals surface area contributed by atoms with Gasteiger partial charge in [0, 0.05) is 32.5 Å². The second-order valence-electron chi connectivity index (χ2n) is 14.2. The Morgan fingerprint density at radius 2 is 1.52 bits per heavy atom. The summed E-state index contributed by atoms with van der Waals surface area (Å²) in [4.78, 5) is 9.04. The summed E-state index contributed by atoms with van der Waals surface area (Å²) in [6, 6.07) is 40.0. The molecule has 3 aromatic heterocycles. The van der Waals surface area contributed by atoms with Gasteiger partial charge in [0.15, 0.2) is 11.4 Å². The zero-order valence-corrected chi connectivity index (χ0v) is 31.6. The van der Waals surface area contributed by atoms with Crippen LogP contribution in [0.5, 0.6) is 0 Å². The summed E-state index contributed by atoms with van der Waals surface area (Å²) in [7, 11) is -1.23. The molecule has 0 bridgehead atoms. The summed E-state index contributed by atoms with van der Waals surface area (Å²) in [5.74, 6) is -0.362. The maximum Gasteiger partial charge on any atom is 0.166 e. The van der Waals surface area contributed by atoms with E-state index in [0.717, 1.165) is 50.8 Å². The molecule has 7 aromatic rings. The number of hydrogen-bond acceptors (Lipinski definition) is 3. The number of benzene rings is 4. The molecular weight excluding hydrogens is 788 g/mol. The first kappa shape index (κ1) is 35.1. The van der Waals surface area contributed by atoms with Crippen LogP contribution in [0, 0.1) is 23.4 Å². The van der Waals surface area contributed by atoms with Crippen molar-refractivity contribution in [3.63, 3.8) is 0 Å². The largest absolute Gasteiger partial charge is 0.473 e. The first-order valence-electron chi connectivity index (χ1n) is 16.0. The molecule has 0 aliphatic rings. The average molecular weight is 827 g/mol. The topological polar surface area (TPSA) is 38.9 Å². The second kappa shape index (κ2) is 14.5. The smallest absolute Gasteiger partial charge is 0.166 e. The minimum absolute atomic E-state index is 0. The van der Waals surface area contributed by atoms with Gasteiger partial charge in [-0.3, -0.25) is 0 Å². The van der Waals surface area contributed by atoms with E-state index in [0.29, 0.717) is 5.58 Å². The molecule has 0 saturated heterocycles. The Morgan fingerprint density at radius 3 is 2.19 bits per heavy atom.